The molecule has 1 aromatic rings. The first kappa shape index (κ1) is 9.51. The van der Waals surface area contributed by atoms with E-state index in [1.54, 1.807) is 25.1 Å². The number of phenols is 1. The molecule has 0 saturated heterocycles. The number of nitro groups is 1. The van der Waals surface area contributed by atoms with Crippen molar-refractivity contribution in [1.82, 2.24) is 0 Å². The maximum absolute atomic E-state index is 10.2. The predicted molar refractivity (Wildman–Crippen MR) is 48.4 cm³/mol. The summed E-state index contributed by atoms with van der Waals surface area (Å²) in [6, 6.07) is 6.68. The molecule has 0 aliphatic heterocycles. The van der Waals surface area contributed by atoms with Crippen LogP contribution in [-0.2, 0) is 0 Å². The van der Waals surface area contributed by atoms with Crippen molar-refractivity contribution in [2.45, 2.75) is 12.8 Å². The van der Waals surface area contributed by atoms with Crippen LogP contribution in [0.1, 0.15) is 18.4 Å². The van der Waals surface area contributed by atoms with Crippen molar-refractivity contribution in [3.63, 3.8) is 0 Å². The van der Waals surface area contributed by atoms with E-state index < -0.39 is 0 Å². The highest BCUT2D eigenvalue weighted by molar-refractivity contribution is 5.34. The van der Waals surface area contributed by atoms with Crippen molar-refractivity contribution in [3.8, 4) is 5.75 Å². The Hall–Kier alpha value is -1.58. The SMILES string of the molecule is C[C@@H](C[N+](=O)[O-])c1ccccc1O. The van der Waals surface area contributed by atoms with Crippen LogP contribution < -0.4 is 0 Å². The molecule has 0 fully saturated rings. The Kier molecular flexibility index (Phi) is 2.84. The second-order valence-electron chi connectivity index (χ2n) is 2.98. The summed E-state index contributed by atoms with van der Waals surface area (Å²) >= 11 is 0. The van der Waals surface area contributed by atoms with E-state index in [2.05, 4.69) is 0 Å². The summed E-state index contributed by atoms with van der Waals surface area (Å²) in [5, 5.41) is 19.6. The van der Waals surface area contributed by atoms with Crippen molar-refractivity contribution in [1.29, 1.82) is 0 Å². The fraction of sp³-hybridized carbons (Fsp3) is 0.333. The second kappa shape index (κ2) is 3.89. The van der Waals surface area contributed by atoms with E-state index in [-0.39, 0.29) is 23.1 Å². The first-order valence-electron chi connectivity index (χ1n) is 4.01. The molecular weight excluding hydrogens is 170 g/mol. The topological polar surface area (TPSA) is 63.4 Å². The average Bonchev–Trinajstić information content (AvgIpc) is 2.03. The molecule has 4 heteroatoms. The highest BCUT2D eigenvalue weighted by atomic mass is 16.6. The Morgan fingerprint density at radius 1 is 1.54 bits per heavy atom. The number of aromatic hydroxyl groups is 1. The van der Waals surface area contributed by atoms with Crippen molar-refractivity contribution >= 4 is 0 Å². The number of nitrogens with zero attached hydrogens (tertiary/aromatic N) is 1. The van der Waals surface area contributed by atoms with Crippen LogP contribution >= 0.6 is 0 Å². The molecule has 0 saturated carbocycles. The van der Waals surface area contributed by atoms with Gasteiger partial charge in [-0.05, 0) is 6.07 Å². The van der Waals surface area contributed by atoms with Gasteiger partial charge in [0, 0.05) is 16.4 Å². The van der Waals surface area contributed by atoms with E-state index >= 15 is 0 Å². The second-order valence-corrected chi connectivity index (χ2v) is 2.98. The van der Waals surface area contributed by atoms with Gasteiger partial charge in [-0.3, -0.25) is 10.1 Å². The first-order valence-corrected chi connectivity index (χ1v) is 4.01. The number of hydrogen-bond donors (Lipinski definition) is 1. The lowest BCUT2D eigenvalue weighted by molar-refractivity contribution is -0.482. The molecule has 1 atom stereocenters. The lowest BCUT2D eigenvalue weighted by Gasteiger charge is -2.08. The molecule has 0 unspecified atom stereocenters. The van der Waals surface area contributed by atoms with Gasteiger partial charge in [-0.2, -0.15) is 0 Å². The summed E-state index contributed by atoms with van der Waals surface area (Å²) in [6.07, 6.45) is 0. The number of phenolic OH excluding ortho intramolecular Hbond substituents is 1. The maximum atomic E-state index is 10.2. The zero-order valence-electron chi connectivity index (χ0n) is 7.30. The molecule has 0 amide bonds. The predicted octanol–water partition coefficient (Wildman–Crippen LogP) is 1.77. The number of para-hydroxylation sites is 1. The fourth-order valence-corrected chi connectivity index (χ4v) is 1.23. The van der Waals surface area contributed by atoms with Crippen LogP contribution in [0.2, 0.25) is 0 Å². The lowest BCUT2D eigenvalue weighted by atomic mass is 10.0. The Bertz CT molecular complexity index is 311. The summed E-state index contributed by atoms with van der Waals surface area (Å²) in [5.41, 5.74) is 0.624. The normalized spacial score (nSPS) is 12.4. The molecule has 0 aliphatic carbocycles. The highest BCUT2D eigenvalue weighted by Gasteiger charge is 2.14. The van der Waals surface area contributed by atoms with Crippen LogP contribution in [0.25, 0.3) is 0 Å². The summed E-state index contributed by atoms with van der Waals surface area (Å²) in [5.74, 6) is -0.131. The van der Waals surface area contributed by atoms with Gasteiger partial charge >= 0.3 is 0 Å². The van der Waals surface area contributed by atoms with Crippen LogP contribution in [0.3, 0.4) is 0 Å². The molecule has 1 N–H and O–H groups in total. The van der Waals surface area contributed by atoms with E-state index in [0.717, 1.165) is 0 Å². The molecule has 0 spiro atoms. The summed E-state index contributed by atoms with van der Waals surface area (Å²) in [4.78, 5) is 9.84. The molecule has 0 bridgehead atoms. The molecule has 0 aromatic heterocycles. The molecule has 1 aromatic carbocycles. The van der Waals surface area contributed by atoms with Crippen LogP contribution in [0.4, 0.5) is 0 Å². The van der Waals surface area contributed by atoms with Crippen molar-refractivity contribution in [2.75, 3.05) is 6.54 Å². The molecule has 0 aliphatic rings. The van der Waals surface area contributed by atoms with Crippen LogP contribution in [0, 0.1) is 10.1 Å². The molecular formula is C9H11NO3. The van der Waals surface area contributed by atoms with Gasteiger partial charge < -0.3 is 5.11 Å². The maximum Gasteiger partial charge on any atom is 0.210 e. The highest BCUT2D eigenvalue weighted by Crippen LogP contribution is 2.24. The third-order valence-electron chi connectivity index (χ3n) is 1.89. The van der Waals surface area contributed by atoms with Gasteiger partial charge in [0.05, 0.1) is 0 Å². The minimum atomic E-state index is -0.378. The largest absolute Gasteiger partial charge is 0.508 e. The van der Waals surface area contributed by atoms with Gasteiger partial charge in [0.15, 0.2) is 0 Å². The lowest BCUT2D eigenvalue weighted by Crippen LogP contribution is -2.09. The van der Waals surface area contributed by atoms with Crippen LogP contribution in [0.15, 0.2) is 24.3 Å². The molecule has 4 nitrogen and oxygen atoms in total. The van der Waals surface area contributed by atoms with Gasteiger partial charge in [0.2, 0.25) is 6.54 Å². The molecule has 13 heavy (non-hydrogen) atoms. The Morgan fingerprint density at radius 3 is 2.69 bits per heavy atom. The van der Waals surface area contributed by atoms with Gasteiger partial charge in [-0.25, -0.2) is 0 Å². The van der Waals surface area contributed by atoms with E-state index in [0.29, 0.717) is 5.56 Å². The van der Waals surface area contributed by atoms with Crippen LogP contribution in [0.5, 0.6) is 5.75 Å². The van der Waals surface area contributed by atoms with E-state index in [9.17, 15) is 15.2 Å². The van der Waals surface area contributed by atoms with Gasteiger partial charge in [-0.1, -0.05) is 25.1 Å². The van der Waals surface area contributed by atoms with Crippen molar-refractivity contribution in [2.24, 2.45) is 0 Å². The molecule has 0 radical (unpaired) electrons. The zero-order valence-corrected chi connectivity index (χ0v) is 7.30. The third-order valence-corrected chi connectivity index (χ3v) is 1.89. The number of hydrogen-bond acceptors (Lipinski definition) is 3. The minimum absolute atomic E-state index is 0.122. The summed E-state index contributed by atoms with van der Waals surface area (Å²) in [7, 11) is 0. The summed E-state index contributed by atoms with van der Waals surface area (Å²) in [6.45, 7) is 1.56. The number of rotatable bonds is 3. The van der Waals surface area contributed by atoms with Crippen molar-refractivity contribution < 1.29 is 10.0 Å². The molecule has 1 rings (SSSR count). The average molecular weight is 181 g/mol. The fourth-order valence-electron chi connectivity index (χ4n) is 1.23. The standard InChI is InChI=1S/C9H11NO3/c1-7(6-10(12)13)8-4-2-3-5-9(8)11/h2-5,7,11H,6H2,1H3/t7-/m0/s1. The monoisotopic (exact) mass is 181 g/mol. The number of benzene rings is 1. The summed E-state index contributed by atoms with van der Waals surface area (Å²) < 4.78 is 0. The van der Waals surface area contributed by atoms with E-state index in [1.165, 1.54) is 6.07 Å². The molecule has 0 heterocycles. The minimum Gasteiger partial charge on any atom is -0.508 e. The van der Waals surface area contributed by atoms with Crippen LogP contribution in [-0.4, -0.2) is 16.6 Å². The van der Waals surface area contributed by atoms with Crippen molar-refractivity contribution in [3.05, 3.63) is 39.9 Å². The Balaban J connectivity index is 2.82. The first-order chi connectivity index (χ1) is 6.11. The van der Waals surface area contributed by atoms with Gasteiger partial charge in [-0.15, -0.1) is 0 Å². The smallest absolute Gasteiger partial charge is 0.210 e. The zero-order chi connectivity index (χ0) is 9.84. The quantitative estimate of drug-likeness (QED) is 0.571. The Labute approximate surface area is 76.0 Å². The molecule has 70 valence electrons. The third kappa shape index (κ3) is 2.43. The van der Waals surface area contributed by atoms with E-state index in [1.807, 2.05) is 0 Å². The van der Waals surface area contributed by atoms with E-state index in [4.69, 9.17) is 0 Å². The Morgan fingerprint density at radius 2 is 2.15 bits per heavy atom. The van der Waals surface area contributed by atoms with Gasteiger partial charge in [0.25, 0.3) is 0 Å². The van der Waals surface area contributed by atoms with Gasteiger partial charge in [0.1, 0.15) is 5.75 Å².